The fourth-order valence-corrected chi connectivity index (χ4v) is 2.15. The van der Waals surface area contributed by atoms with Gasteiger partial charge in [-0.1, -0.05) is 32.9 Å². The summed E-state index contributed by atoms with van der Waals surface area (Å²) in [5, 5.41) is 0. The van der Waals surface area contributed by atoms with Crippen molar-refractivity contribution in [1.82, 2.24) is 0 Å². The lowest BCUT2D eigenvalue weighted by molar-refractivity contribution is -0.116. The van der Waals surface area contributed by atoms with Crippen molar-refractivity contribution in [3.63, 3.8) is 0 Å². The molecule has 1 fully saturated rings. The highest BCUT2D eigenvalue weighted by Gasteiger charge is 2.38. The summed E-state index contributed by atoms with van der Waals surface area (Å²) in [6.45, 7) is 10.5. The van der Waals surface area contributed by atoms with Crippen LogP contribution in [0, 0.1) is 17.3 Å². The van der Waals surface area contributed by atoms with Crippen molar-refractivity contribution >= 4 is 6.29 Å². The zero-order valence-electron chi connectivity index (χ0n) is 8.26. The molecule has 0 N–H and O–H groups in total. The number of carbonyl (C=O) groups excluding carboxylic acids is 1. The van der Waals surface area contributed by atoms with E-state index in [1.54, 1.807) is 0 Å². The third-order valence-electron chi connectivity index (χ3n) is 3.41. The van der Waals surface area contributed by atoms with Crippen molar-refractivity contribution in [3.8, 4) is 0 Å². The molecule has 12 heavy (non-hydrogen) atoms. The van der Waals surface area contributed by atoms with Gasteiger partial charge in [0.1, 0.15) is 6.29 Å². The monoisotopic (exact) mass is 166 g/mol. The lowest BCUT2D eigenvalue weighted by Gasteiger charge is -2.41. The average Bonchev–Trinajstić information content (AvgIpc) is 1.98. The first kappa shape index (κ1) is 9.50. The molecule has 1 aliphatic carbocycles. The molecule has 1 aliphatic rings. The second-order valence-electron chi connectivity index (χ2n) is 4.50. The highest BCUT2D eigenvalue weighted by Crippen LogP contribution is 2.45. The molecule has 0 radical (unpaired) electrons. The molecular weight excluding hydrogens is 148 g/mol. The van der Waals surface area contributed by atoms with Crippen LogP contribution in [0.1, 0.15) is 33.6 Å². The first-order valence-electron chi connectivity index (χ1n) is 4.63. The Morgan fingerprint density at radius 3 is 2.58 bits per heavy atom. The van der Waals surface area contributed by atoms with Crippen molar-refractivity contribution in [1.29, 1.82) is 0 Å². The van der Waals surface area contributed by atoms with Crippen molar-refractivity contribution in [3.05, 3.63) is 12.2 Å². The molecule has 0 aromatic carbocycles. The summed E-state index contributed by atoms with van der Waals surface area (Å²) in [6.07, 6.45) is 3.30. The lowest BCUT2D eigenvalue weighted by atomic mass is 9.62. The van der Waals surface area contributed by atoms with E-state index < -0.39 is 0 Å². The molecule has 0 aromatic rings. The van der Waals surface area contributed by atoms with Crippen LogP contribution in [-0.2, 0) is 4.79 Å². The minimum Gasteiger partial charge on any atom is -0.303 e. The zero-order chi connectivity index (χ0) is 9.35. The molecule has 68 valence electrons. The van der Waals surface area contributed by atoms with Gasteiger partial charge in [0.15, 0.2) is 0 Å². The van der Waals surface area contributed by atoms with Crippen molar-refractivity contribution in [2.45, 2.75) is 33.6 Å². The molecule has 1 heteroatoms. The van der Waals surface area contributed by atoms with Crippen LogP contribution in [0.15, 0.2) is 12.2 Å². The topological polar surface area (TPSA) is 17.1 Å². The number of hydrogen-bond donors (Lipinski definition) is 0. The Balaban J connectivity index is 2.90. The van der Waals surface area contributed by atoms with Gasteiger partial charge < -0.3 is 4.79 Å². The predicted octanol–water partition coefficient (Wildman–Crippen LogP) is 2.81. The van der Waals surface area contributed by atoms with E-state index in [2.05, 4.69) is 27.4 Å². The molecule has 2 atom stereocenters. The minimum absolute atomic E-state index is 0.0133. The Labute approximate surface area is 74.9 Å². The van der Waals surface area contributed by atoms with Gasteiger partial charge in [0, 0.05) is 5.92 Å². The molecular formula is C11H18O. The first-order valence-corrected chi connectivity index (χ1v) is 4.63. The molecule has 1 nitrogen and oxygen atoms in total. The molecule has 0 amide bonds. The number of allylic oxidation sites excluding steroid dienone is 1. The van der Waals surface area contributed by atoms with Crippen LogP contribution in [0.3, 0.4) is 0 Å². The number of hydrogen-bond acceptors (Lipinski definition) is 1. The molecule has 1 saturated carbocycles. The maximum absolute atomic E-state index is 10.9. The predicted molar refractivity (Wildman–Crippen MR) is 50.9 cm³/mol. The van der Waals surface area contributed by atoms with E-state index in [1.165, 1.54) is 5.57 Å². The van der Waals surface area contributed by atoms with Gasteiger partial charge in [-0.25, -0.2) is 0 Å². The summed E-state index contributed by atoms with van der Waals surface area (Å²) in [5.74, 6) is 0.682. The van der Waals surface area contributed by atoms with E-state index >= 15 is 0 Å². The second-order valence-corrected chi connectivity index (χ2v) is 4.50. The van der Waals surface area contributed by atoms with Crippen molar-refractivity contribution in [2.24, 2.45) is 17.3 Å². The Morgan fingerprint density at radius 2 is 2.17 bits per heavy atom. The summed E-state index contributed by atoms with van der Waals surface area (Å²) >= 11 is 0. The quantitative estimate of drug-likeness (QED) is 0.432. The van der Waals surface area contributed by atoms with Gasteiger partial charge in [-0.05, 0) is 24.2 Å². The third kappa shape index (κ3) is 1.33. The maximum atomic E-state index is 10.9. The second kappa shape index (κ2) is 3.04. The Hall–Kier alpha value is -0.590. The first-order chi connectivity index (χ1) is 5.50. The largest absolute Gasteiger partial charge is 0.303 e. The molecule has 0 saturated heterocycles. The van der Waals surface area contributed by atoms with E-state index in [4.69, 9.17) is 0 Å². The summed E-state index contributed by atoms with van der Waals surface area (Å²) in [7, 11) is 0. The van der Waals surface area contributed by atoms with Crippen LogP contribution >= 0.6 is 0 Å². The molecule has 1 rings (SSSR count). The Morgan fingerprint density at radius 1 is 1.58 bits per heavy atom. The zero-order valence-corrected chi connectivity index (χ0v) is 8.26. The lowest BCUT2D eigenvalue weighted by Crippen LogP contribution is -2.36. The van der Waals surface area contributed by atoms with Gasteiger partial charge in [0.25, 0.3) is 0 Å². The Kier molecular flexibility index (Phi) is 2.41. The van der Waals surface area contributed by atoms with Crippen LogP contribution in [-0.4, -0.2) is 6.29 Å². The van der Waals surface area contributed by atoms with Crippen LogP contribution in [0.2, 0.25) is 0 Å². The van der Waals surface area contributed by atoms with Gasteiger partial charge in [-0.15, -0.1) is 0 Å². The minimum atomic E-state index is 0.0133. The number of rotatable bonds is 1. The van der Waals surface area contributed by atoms with E-state index in [9.17, 15) is 4.79 Å². The van der Waals surface area contributed by atoms with Crippen LogP contribution in [0.25, 0.3) is 0 Å². The van der Waals surface area contributed by atoms with Crippen LogP contribution in [0.5, 0.6) is 0 Å². The molecule has 0 spiro atoms. The Bertz CT molecular complexity index is 203. The summed E-state index contributed by atoms with van der Waals surface area (Å²) in [4.78, 5) is 10.9. The molecule has 0 unspecified atom stereocenters. The summed E-state index contributed by atoms with van der Waals surface area (Å²) in [5.41, 5.74) is 1.25. The SMILES string of the molecule is C=C1CC[C@H](C)[C@@H](C=O)C1(C)C. The summed E-state index contributed by atoms with van der Waals surface area (Å²) in [6, 6.07) is 0. The van der Waals surface area contributed by atoms with Crippen LogP contribution < -0.4 is 0 Å². The van der Waals surface area contributed by atoms with E-state index in [-0.39, 0.29) is 11.3 Å². The summed E-state index contributed by atoms with van der Waals surface area (Å²) < 4.78 is 0. The van der Waals surface area contributed by atoms with Gasteiger partial charge in [-0.2, -0.15) is 0 Å². The van der Waals surface area contributed by atoms with E-state index in [0.717, 1.165) is 19.1 Å². The number of carbonyl (C=O) groups is 1. The van der Waals surface area contributed by atoms with E-state index in [0.29, 0.717) is 5.92 Å². The maximum Gasteiger partial charge on any atom is 0.124 e. The standard InChI is InChI=1S/C11H18O/c1-8-5-6-9(2)11(3,4)10(8)7-12/h7-8,10H,2,5-6H2,1,3-4H3/t8-,10+/m0/s1. The van der Waals surface area contributed by atoms with Gasteiger partial charge >= 0.3 is 0 Å². The highest BCUT2D eigenvalue weighted by molar-refractivity contribution is 5.57. The van der Waals surface area contributed by atoms with Gasteiger partial charge in [0.05, 0.1) is 0 Å². The van der Waals surface area contributed by atoms with Gasteiger partial charge in [-0.3, -0.25) is 0 Å². The molecule has 0 bridgehead atoms. The molecule has 0 aliphatic heterocycles. The normalized spacial score (nSPS) is 34.8. The van der Waals surface area contributed by atoms with Crippen molar-refractivity contribution < 1.29 is 4.79 Å². The average molecular weight is 166 g/mol. The molecule has 0 heterocycles. The smallest absolute Gasteiger partial charge is 0.124 e. The number of aldehydes is 1. The van der Waals surface area contributed by atoms with Gasteiger partial charge in [0.2, 0.25) is 0 Å². The van der Waals surface area contributed by atoms with E-state index in [1.807, 2.05) is 0 Å². The molecule has 0 aromatic heterocycles. The fourth-order valence-electron chi connectivity index (χ4n) is 2.15. The highest BCUT2D eigenvalue weighted by atomic mass is 16.1. The third-order valence-corrected chi connectivity index (χ3v) is 3.41. The fraction of sp³-hybridized carbons (Fsp3) is 0.727. The van der Waals surface area contributed by atoms with Crippen LogP contribution in [0.4, 0.5) is 0 Å². The van der Waals surface area contributed by atoms with Crippen molar-refractivity contribution in [2.75, 3.05) is 0 Å².